The molecule has 0 radical (unpaired) electrons. The predicted octanol–water partition coefficient (Wildman–Crippen LogP) is 5.07. The third kappa shape index (κ3) is 4.88. The molecule has 0 spiro atoms. The zero-order chi connectivity index (χ0) is 23.3. The molecule has 1 N–H and O–H groups in total. The number of benzene rings is 2. The van der Waals surface area contributed by atoms with Gasteiger partial charge in [0.1, 0.15) is 17.2 Å². The third-order valence-corrected chi connectivity index (χ3v) is 6.12. The largest absolute Gasteiger partial charge is 0.494 e. The van der Waals surface area contributed by atoms with Crippen molar-refractivity contribution in [1.82, 2.24) is 20.1 Å². The Balaban J connectivity index is 1.24. The molecule has 1 saturated heterocycles. The van der Waals surface area contributed by atoms with E-state index in [9.17, 15) is 4.79 Å². The highest BCUT2D eigenvalue weighted by Crippen LogP contribution is 2.29. The van der Waals surface area contributed by atoms with Crippen molar-refractivity contribution in [2.75, 3.05) is 19.7 Å². The second-order valence-corrected chi connectivity index (χ2v) is 8.54. The van der Waals surface area contributed by atoms with Crippen LogP contribution in [0.15, 0.2) is 71.3 Å². The van der Waals surface area contributed by atoms with Gasteiger partial charge < -0.3 is 14.1 Å². The summed E-state index contributed by atoms with van der Waals surface area (Å²) >= 11 is 0. The van der Waals surface area contributed by atoms with Crippen LogP contribution in [0.4, 0.5) is 0 Å². The standard InChI is InChI=1S/C27H28N4O3/c1-2-33-22-12-10-20(11-13-22)24-16-25(30-29-24)27(32)31-14-6-9-21(18-31)26-28-17-23(34-26)15-19-7-4-3-5-8-19/h3-5,7-8,10-13,16-17,21H,2,6,9,14-15,18H2,1H3,(H,29,30). The molecule has 4 aromatic rings. The fraction of sp³-hybridized carbons (Fsp3) is 0.296. The fourth-order valence-corrected chi connectivity index (χ4v) is 4.39. The topological polar surface area (TPSA) is 84.2 Å². The highest BCUT2D eigenvalue weighted by molar-refractivity contribution is 5.93. The maximum Gasteiger partial charge on any atom is 0.271 e. The number of ether oxygens (including phenoxy) is 1. The smallest absolute Gasteiger partial charge is 0.271 e. The van der Waals surface area contributed by atoms with Crippen LogP contribution in [-0.2, 0) is 6.42 Å². The van der Waals surface area contributed by atoms with Gasteiger partial charge >= 0.3 is 0 Å². The third-order valence-electron chi connectivity index (χ3n) is 6.12. The normalized spacial score (nSPS) is 15.9. The SMILES string of the molecule is CCOc1ccc(-c2cc(C(=O)N3CCCC(c4ncc(Cc5ccccc5)o4)C3)[nH]n2)cc1. The van der Waals surface area contributed by atoms with Gasteiger partial charge in [0.2, 0.25) is 0 Å². The summed E-state index contributed by atoms with van der Waals surface area (Å²) in [5, 5.41) is 7.27. The molecule has 34 heavy (non-hydrogen) atoms. The van der Waals surface area contributed by atoms with Crippen molar-refractivity contribution < 1.29 is 13.9 Å². The number of hydrogen-bond donors (Lipinski definition) is 1. The van der Waals surface area contributed by atoms with Gasteiger partial charge in [-0.05, 0) is 55.7 Å². The molecule has 0 aliphatic carbocycles. The molecule has 3 heterocycles. The average Bonchev–Trinajstić information content (AvgIpc) is 3.55. The molecule has 2 aromatic heterocycles. The van der Waals surface area contributed by atoms with Crippen molar-refractivity contribution >= 4 is 5.91 Å². The summed E-state index contributed by atoms with van der Waals surface area (Å²) < 4.78 is 11.6. The molecule has 1 aliphatic rings. The van der Waals surface area contributed by atoms with Crippen LogP contribution in [0.3, 0.4) is 0 Å². The Kier molecular flexibility index (Phi) is 6.42. The molecule has 1 amide bonds. The van der Waals surface area contributed by atoms with Gasteiger partial charge in [-0.1, -0.05) is 30.3 Å². The minimum Gasteiger partial charge on any atom is -0.494 e. The Hall–Kier alpha value is -3.87. The number of rotatable bonds is 7. The van der Waals surface area contributed by atoms with Crippen LogP contribution >= 0.6 is 0 Å². The lowest BCUT2D eigenvalue weighted by molar-refractivity contribution is 0.0692. The molecular weight excluding hydrogens is 428 g/mol. The maximum atomic E-state index is 13.2. The molecular formula is C27H28N4O3. The van der Waals surface area contributed by atoms with E-state index in [1.54, 1.807) is 6.20 Å². The van der Waals surface area contributed by atoms with Crippen molar-refractivity contribution in [3.63, 3.8) is 0 Å². The highest BCUT2D eigenvalue weighted by Gasteiger charge is 2.29. The number of nitrogens with zero attached hydrogens (tertiary/aromatic N) is 3. The molecule has 7 heteroatoms. The van der Waals surface area contributed by atoms with Gasteiger partial charge in [-0.3, -0.25) is 9.89 Å². The van der Waals surface area contributed by atoms with Crippen molar-refractivity contribution in [2.24, 2.45) is 0 Å². The zero-order valence-electron chi connectivity index (χ0n) is 19.2. The van der Waals surface area contributed by atoms with Gasteiger partial charge in [0.15, 0.2) is 5.89 Å². The van der Waals surface area contributed by atoms with E-state index >= 15 is 0 Å². The van der Waals surface area contributed by atoms with E-state index in [0.29, 0.717) is 37.7 Å². The lowest BCUT2D eigenvalue weighted by Gasteiger charge is -2.30. The van der Waals surface area contributed by atoms with Crippen LogP contribution in [0.5, 0.6) is 5.75 Å². The first-order valence-corrected chi connectivity index (χ1v) is 11.8. The van der Waals surface area contributed by atoms with Gasteiger partial charge in [0, 0.05) is 25.1 Å². The summed E-state index contributed by atoms with van der Waals surface area (Å²) in [6.45, 7) is 3.88. The van der Waals surface area contributed by atoms with Crippen molar-refractivity contribution in [2.45, 2.75) is 32.1 Å². The maximum absolute atomic E-state index is 13.2. The van der Waals surface area contributed by atoms with E-state index in [0.717, 1.165) is 35.6 Å². The van der Waals surface area contributed by atoms with Gasteiger partial charge in [0.25, 0.3) is 5.91 Å². The average molecular weight is 457 g/mol. The van der Waals surface area contributed by atoms with Gasteiger partial charge in [-0.25, -0.2) is 4.98 Å². The van der Waals surface area contributed by atoms with E-state index in [2.05, 4.69) is 27.3 Å². The number of carbonyl (C=O) groups excluding carboxylic acids is 1. The number of aromatic nitrogens is 3. The Morgan fingerprint density at radius 2 is 2.00 bits per heavy atom. The Labute approximate surface area is 198 Å². The first-order valence-electron chi connectivity index (χ1n) is 11.8. The summed E-state index contributed by atoms with van der Waals surface area (Å²) in [6, 6.07) is 19.7. The van der Waals surface area contributed by atoms with Crippen LogP contribution < -0.4 is 4.74 Å². The minimum absolute atomic E-state index is 0.0505. The van der Waals surface area contributed by atoms with Crippen molar-refractivity contribution in [1.29, 1.82) is 0 Å². The number of hydrogen-bond acceptors (Lipinski definition) is 5. The second-order valence-electron chi connectivity index (χ2n) is 8.54. The summed E-state index contributed by atoms with van der Waals surface area (Å²) in [5.41, 5.74) is 3.34. The van der Waals surface area contributed by atoms with Crippen molar-refractivity contribution in [3.8, 4) is 17.0 Å². The minimum atomic E-state index is -0.0505. The predicted molar refractivity (Wildman–Crippen MR) is 129 cm³/mol. The van der Waals surface area contributed by atoms with Crippen molar-refractivity contribution in [3.05, 3.63) is 89.8 Å². The molecule has 5 rings (SSSR count). The van der Waals surface area contributed by atoms with Crippen LogP contribution in [-0.4, -0.2) is 45.7 Å². The van der Waals surface area contributed by atoms with E-state index in [4.69, 9.17) is 9.15 Å². The quantitative estimate of drug-likeness (QED) is 0.420. The first-order chi connectivity index (χ1) is 16.7. The summed E-state index contributed by atoms with van der Waals surface area (Å²) in [6.07, 6.45) is 4.38. The summed E-state index contributed by atoms with van der Waals surface area (Å²) in [4.78, 5) is 19.6. The molecule has 2 aromatic carbocycles. The van der Waals surface area contributed by atoms with Gasteiger partial charge in [-0.15, -0.1) is 0 Å². The van der Waals surface area contributed by atoms with Gasteiger partial charge in [0.05, 0.1) is 24.4 Å². The summed E-state index contributed by atoms with van der Waals surface area (Å²) in [7, 11) is 0. The fourth-order valence-electron chi connectivity index (χ4n) is 4.39. The number of amides is 1. The molecule has 0 bridgehead atoms. The number of aromatic amines is 1. The molecule has 1 fully saturated rings. The monoisotopic (exact) mass is 456 g/mol. The van der Waals surface area contributed by atoms with E-state index < -0.39 is 0 Å². The Morgan fingerprint density at radius 3 is 2.79 bits per heavy atom. The number of nitrogens with one attached hydrogen (secondary N) is 1. The van der Waals surface area contributed by atoms with Gasteiger partial charge in [-0.2, -0.15) is 5.10 Å². The molecule has 7 nitrogen and oxygen atoms in total. The van der Waals surface area contributed by atoms with Crippen LogP contribution in [0, 0.1) is 0 Å². The number of piperidine rings is 1. The lowest BCUT2D eigenvalue weighted by Crippen LogP contribution is -2.39. The van der Waals surface area contributed by atoms with Crippen LogP contribution in [0.2, 0.25) is 0 Å². The van der Waals surface area contributed by atoms with E-state index in [1.807, 2.05) is 60.4 Å². The molecule has 1 unspecified atom stereocenters. The number of carbonyl (C=O) groups is 1. The van der Waals surface area contributed by atoms with Crippen LogP contribution in [0.25, 0.3) is 11.3 Å². The lowest BCUT2D eigenvalue weighted by atomic mass is 9.97. The number of oxazole rings is 1. The molecule has 1 aliphatic heterocycles. The molecule has 0 saturated carbocycles. The molecule has 174 valence electrons. The van der Waals surface area contributed by atoms with E-state index in [-0.39, 0.29) is 11.8 Å². The Bertz CT molecular complexity index is 1230. The second kappa shape index (κ2) is 9.95. The number of likely N-dealkylation sites (tertiary alicyclic amines) is 1. The van der Waals surface area contributed by atoms with Crippen LogP contribution in [0.1, 0.15) is 53.4 Å². The summed E-state index contributed by atoms with van der Waals surface area (Å²) in [5.74, 6) is 2.42. The van der Waals surface area contributed by atoms with E-state index in [1.165, 1.54) is 5.56 Å². The highest BCUT2D eigenvalue weighted by atomic mass is 16.5. The number of H-pyrrole nitrogens is 1. The first kappa shape index (κ1) is 21.9. The molecule has 1 atom stereocenters. The Morgan fingerprint density at radius 1 is 1.18 bits per heavy atom. The zero-order valence-corrected chi connectivity index (χ0v) is 19.2.